The SMILES string of the molecule is Nc1ccc(-n2nc(C3CC3)c(Cl)c2C2CC2)c(F)c1. The average Bonchev–Trinajstić information content (AvgIpc) is 3.30. The molecular formula is C15H15ClFN3. The van der Waals surface area contributed by atoms with Gasteiger partial charge in [-0.1, -0.05) is 11.6 Å². The van der Waals surface area contributed by atoms with Crippen molar-refractivity contribution in [1.29, 1.82) is 0 Å². The van der Waals surface area contributed by atoms with Gasteiger partial charge in [-0.3, -0.25) is 0 Å². The minimum absolute atomic E-state index is 0.353. The zero-order valence-corrected chi connectivity index (χ0v) is 11.7. The first-order chi connectivity index (χ1) is 9.65. The van der Waals surface area contributed by atoms with Crippen molar-refractivity contribution in [2.45, 2.75) is 37.5 Å². The Morgan fingerprint density at radius 1 is 1.20 bits per heavy atom. The summed E-state index contributed by atoms with van der Waals surface area (Å²) in [7, 11) is 0. The normalized spacial score (nSPS) is 18.5. The van der Waals surface area contributed by atoms with Crippen molar-refractivity contribution >= 4 is 17.3 Å². The van der Waals surface area contributed by atoms with E-state index in [9.17, 15) is 4.39 Å². The molecule has 2 aromatic rings. The Morgan fingerprint density at radius 2 is 1.90 bits per heavy atom. The van der Waals surface area contributed by atoms with Gasteiger partial charge in [0.05, 0.1) is 16.4 Å². The number of nitrogen functional groups attached to an aromatic ring is 1. The van der Waals surface area contributed by atoms with Crippen molar-refractivity contribution in [1.82, 2.24) is 9.78 Å². The summed E-state index contributed by atoms with van der Waals surface area (Å²) in [5.74, 6) is 0.519. The lowest BCUT2D eigenvalue weighted by Gasteiger charge is -2.08. The Labute approximate surface area is 121 Å². The molecule has 0 unspecified atom stereocenters. The summed E-state index contributed by atoms with van der Waals surface area (Å²) in [6.07, 6.45) is 4.47. The number of aromatic nitrogens is 2. The van der Waals surface area contributed by atoms with Crippen molar-refractivity contribution in [3.05, 3.63) is 40.4 Å². The van der Waals surface area contributed by atoms with E-state index in [1.165, 1.54) is 6.07 Å². The lowest BCUT2D eigenvalue weighted by molar-refractivity contribution is 0.606. The van der Waals surface area contributed by atoms with Crippen LogP contribution in [0.1, 0.15) is 48.9 Å². The predicted molar refractivity (Wildman–Crippen MR) is 76.9 cm³/mol. The molecule has 4 rings (SSSR count). The van der Waals surface area contributed by atoms with E-state index in [0.717, 1.165) is 42.1 Å². The molecule has 1 heterocycles. The fourth-order valence-corrected chi connectivity index (χ4v) is 3.06. The number of nitrogens with two attached hydrogens (primary N) is 1. The van der Waals surface area contributed by atoms with Gasteiger partial charge in [0.2, 0.25) is 0 Å². The van der Waals surface area contributed by atoms with Gasteiger partial charge in [-0.25, -0.2) is 9.07 Å². The van der Waals surface area contributed by atoms with Crippen molar-refractivity contribution in [2.75, 3.05) is 5.73 Å². The summed E-state index contributed by atoms with van der Waals surface area (Å²) in [5.41, 5.74) is 8.37. The first kappa shape index (κ1) is 12.2. The van der Waals surface area contributed by atoms with Gasteiger partial charge >= 0.3 is 0 Å². The van der Waals surface area contributed by atoms with Crippen LogP contribution in [0.15, 0.2) is 18.2 Å². The molecule has 2 N–H and O–H groups in total. The summed E-state index contributed by atoms with van der Waals surface area (Å²) in [6, 6.07) is 4.70. The molecule has 5 heteroatoms. The van der Waals surface area contributed by atoms with Crippen LogP contribution in [-0.2, 0) is 0 Å². The molecule has 2 aliphatic carbocycles. The van der Waals surface area contributed by atoms with Gasteiger partial charge in [-0.2, -0.15) is 5.10 Å². The molecule has 0 spiro atoms. The molecule has 20 heavy (non-hydrogen) atoms. The van der Waals surface area contributed by atoms with E-state index < -0.39 is 0 Å². The van der Waals surface area contributed by atoms with Crippen molar-refractivity contribution < 1.29 is 4.39 Å². The van der Waals surface area contributed by atoms with E-state index in [0.29, 0.717) is 23.2 Å². The number of halogens is 2. The maximum atomic E-state index is 14.2. The topological polar surface area (TPSA) is 43.8 Å². The van der Waals surface area contributed by atoms with Crippen LogP contribution in [0, 0.1) is 5.82 Å². The average molecular weight is 292 g/mol. The Balaban J connectivity index is 1.89. The van der Waals surface area contributed by atoms with Crippen LogP contribution in [0.5, 0.6) is 0 Å². The van der Waals surface area contributed by atoms with Gasteiger partial charge in [-0.15, -0.1) is 0 Å². The number of rotatable bonds is 3. The molecule has 2 saturated carbocycles. The molecule has 0 bridgehead atoms. The largest absolute Gasteiger partial charge is 0.399 e. The highest BCUT2D eigenvalue weighted by Gasteiger charge is 2.37. The minimum atomic E-state index is -0.353. The number of benzene rings is 1. The zero-order chi connectivity index (χ0) is 13.9. The third kappa shape index (κ3) is 1.90. The highest BCUT2D eigenvalue weighted by Crippen LogP contribution is 2.50. The molecule has 2 aliphatic rings. The van der Waals surface area contributed by atoms with Crippen LogP contribution < -0.4 is 5.73 Å². The second-order valence-corrected chi connectivity index (χ2v) is 6.13. The van der Waals surface area contributed by atoms with Gasteiger partial charge in [-0.05, 0) is 43.9 Å². The second kappa shape index (κ2) is 4.22. The fourth-order valence-electron chi connectivity index (χ4n) is 2.63. The van der Waals surface area contributed by atoms with E-state index in [1.807, 2.05) is 0 Å². The molecule has 2 fully saturated rings. The van der Waals surface area contributed by atoms with Crippen LogP contribution >= 0.6 is 11.6 Å². The Bertz CT molecular complexity index is 687. The fraction of sp³-hybridized carbons (Fsp3) is 0.400. The third-order valence-electron chi connectivity index (χ3n) is 4.01. The monoisotopic (exact) mass is 291 g/mol. The van der Waals surface area contributed by atoms with Crippen molar-refractivity contribution in [3.8, 4) is 5.69 Å². The zero-order valence-electron chi connectivity index (χ0n) is 10.9. The minimum Gasteiger partial charge on any atom is -0.399 e. The van der Waals surface area contributed by atoms with Crippen LogP contribution in [-0.4, -0.2) is 9.78 Å². The first-order valence-corrected chi connectivity index (χ1v) is 7.36. The van der Waals surface area contributed by atoms with Crippen molar-refractivity contribution in [3.63, 3.8) is 0 Å². The maximum absolute atomic E-state index is 14.2. The lowest BCUT2D eigenvalue weighted by atomic mass is 10.2. The van der Waals surface area contributed by atoms with Gasteiger partial charge in [0.1, 0.15) is 5.69 Å². The van der Waals surface area contributed by atoms with E-state index in [-0.39, 0.29) is 5.82 Å². The summed E-state index contributed by atoms with van der Waals surface area (Å²) in [4.78, 5) is 0. The molecular weight excluding hydrogens is 277 g/mol. The summed E-state index contributed by atoms with van der Waals surface area (Å²) >= 11 is 6.50. The molecule has 3 nitrogen and oxygen atoms in total. The molecule has 0 atom stereocenters. The molecule has 104 valence electrons. The van der Waals surface area contributed by atoms with Crippen LogP contribution in [0.25, 0.3) is 5.69 Å². The molecule has 0 aliphatic heterocycles. The highest BCUT2D eigenvalue weighted by atomic mass is 35.5. The van der Waals surface area contributed by atoms with E-state index >= 15 is 0 Å². The van der Waals surface area contributed by atoms with Gasteiger partial charge in [0.15, 0.2) is 5.82 Å². The third-order valence-corrected chi connectivity index (χ3v) is 4.40. The van der Waals surface area contributed by atoms with Crippen molar-refractivity contribution in [2.24, 2.45) is 0 Å². The van der Waals surface area contributed by atoms with Crippen LogP contribution in [0.3, 0.4) is 0 Å². The molecule has 0 amide bonds. The Kier molecular flexibility index (Phi) is 2.58. The smallest absolute Gasteiger partial charge is 0.150 e. The number of anilines is 1. The van der Waals surface area contributed by atoms with Gasteiger partial charge < -0.3 is 5.73 Å². The number of hydrogen-bond donors (Lipinski definition) is 1. The standard InChI is InChI=1S/C15H15ClFN3/c16-13-14(8-1-2-8)19-20(15(13)9-3-4-9)12-6-5-10(18)7-11(12)17/h5-9H,1-4,18H2. The second-order valence-electron chi connectivity index (χ2n) is 5.76. The molecule has 0 saturated heterocycles. The maximum Gasteiger partial charge on any atom is 0.150 e. The Hall–Kier alpha value is -1.55. The van der Waals surface area contributed by atoms with E-state index in [1.54, 1.807) is 16.8 Å². The molecule has 1 aromatic heterocycles. The number of nitrogens with zero attached hydrogens (tertiary/aromatic N) is 2. The summed E-state index contributed by atoms with van der Waals surface area (Å²) < 4.78 is 15.9. The first-order valence-electron chi connectivity index (χ1n) is 6.99. The lowest BCUT2D eigenvalue weighted by Crippen LogP contribution is -2.05. The van der Waals surface area contributed by atoms with E-state index in [2.05, 4.69) is 5.10 Å². The quantitative estimate of drug-likeness (QED) is 0.869. The van der Waals surface area contributed by atoms with Crippen LogP contribution in [0.2, 0.25) is 5.02 Å². The molecule has 0 radical (unpaired) electrons. The van der Waals surface area contributed by atoms with Gasteiger partial charge in [0, 0.05) is 17.5 Å². The van der Waals surface area contributed by atoms with Gasteiger partial charge in [0.25, 0.3) is 0 Å². The summed E-state index contributed by atoms with van der Waals surface area (Å²) in [6.45, 7) is 0. The predicted octanol–water partition coefficient (Wildman–Crippen LogP) is 4.00. The number of hydrogen-bond acceptors (Lipinski definition) is 2. The molecule has 1 aromatic carbocycles. The Morgan fingerprint density at radius 3 is 2.50 bits per heavy atom. The van der Waals surface area contributed by atoms with E-state index in [4.69, 9.17) is 17.3 Å². The van der Waals surface area contributed by atoms with Crippen LogP contribution in [0.4, 0.5) is 10.1 Å². The highest BCUT2D eigenvalue weighted by molar-refractivity contribution is 6.32. The summed E-state index contributed by atoms with van der Waals surface area (Å²) in [5, 5.41) is 5.34.